The number of halogens is 1. The van der Waals surface area contributed by atoms with Crippen molar-refractivity contribution in [3.63, 3.8) is 0 Å². The number of ether oxygens (including phenoxy) is 3. The Morgan fingerprint density at radius 2 is 1.53 bits per heavy atom. The number of benzene rings is 1. The summed E-state index contributed by atoms with van der Waals surface area (Å²) in [5, 5.41) is 13.8. The van der Waals surface area contributed by atoms with E-state index in [0.717, 1.165) is 14.7 Å². The van der Waals surface area contributed by atoms with Crippen LogP contribution < -0.4 is 5.32 Å². The van der Waals surface area contributed by atoms with E-state index in [1.165, 1.54) is 22.7 Å². The van der Waals surface area contributed by atoms with Crippen molar-refractivity contribution < 1.29 is 28.2 Å². The Balaban J connectivity index is 1.54. The minimum atomic E-state index is -0.964. The first-order valence-corrected chi connectivity index (χ1v) is 13.0. The number of rotatable bonds is 14. The number of amidine groups is 1. The normalized spacial score (nSPS) is 13.9. The molecule has 2 amide bonds. The van der Waals surface area contributed by atoms with Crippen molar-refractivity contribution in [1.82, 2.24) is 10.2 Å². The molecule has 1 atom stereocenters. The number of nitrogens with one attached hydrogen (secondary N) is 2. The summed E-state index contributed by atoms with van der Waals surface area (Å²) in [5.41, 5.74) is 0.640. The predicted octanol–water partition coefficient (Wildman–Crippen LogP) is 4.09. The third-order valence-corrected chi connectivity index (χ3v) is 7.12. The second-order valence-corrected chi connectivity index (χ2v) is 9.92. The predicted molar refractivity (Wildman–Crippen MR) is 135 cm³/mol. The van der Waals surface area contributed by atoms with E-state index < -0.39 is 30.8 Å². The quantitative estimate of drug-likeness (QED) is 0.107. The molecule has 0 radical (unpaired) electrons. The minimum Gasteiger partial charge on any atom is -0.377 e. The molecule has 0 spiro atoms. The van der Waals surface area contributed by atoms with Crippen molar-refractivity contribution in [2.24, 2.45) is 0 Å². The standard InChI is InChI=1S/C25H26FN3O5S2/c26-13-22(27)28-9-10-32-16-21(29-23(30)19-7-1-2-8-20(19)24(29)31)25(33-14-17-5-3-11-35-17)34-15-18-6-4-12-36-18/h1-8,11-12,21,25H,9-10,13-16H2,(H2,27,28). The molecular formula is C25H26FN3O5S2. The maximum Gasteiger partial charge on any atom is 0.262 e. The second kappa shape index (κ2) is 12.8. The number of carbonyl (C=O) groups excluding carboxylic acids is 2. The molecule has 2 N–H and O–H groups in total. The molecule has 1 aliphatic heterocycles. The van der Waals surface area contributed by atoms with Gasteiger partial charge in [0.05, 0.1) is 37.6 Å². The molecule has 4 rings (SSSR count). The molecule has 0 fully saturated rings. The summed E-state index contributed by atoms with van der Waals surface area (Å²) in [6, 6.07) is 13.5. The zero-order valence-corrected chi connectivity index (χ0v) is 21.0. The lowest BCUT2D eigenvalue weighted by Crippen LogP contribution is -2.51. The first-order chi connectivity index (χ1) is 17.6. The average Bonchev–Trinajstić information content (AvgIpc) is 3.65. The molecule has 3 aromatic rings. The van der Waals surface area contributed by atoms with Crippen LogP contribution in [0.5, 0.6) is 0 Å². The summed E-state index contributed by atoms with van der Waals surface area (Å²) in [4.78, 5) is 29.7. The number of hydrogen-bond donors (Lipinski definition) is 2. The van der Waals surface area contributed by atoms with Gasteiger partial charge in [-0.2, -0.15) is 0 Å². The molecule has 2 aromatic heterocycles. The third-order valence-electron chi connectivity index (χ3n) is 5.42. The monoisotopic (exact) mass is 531 g/mol. The molecule has 0 saturated heterocycles. The number of carbonyl (C=O) groups is 2. The Hall–Kier alpha value is -2.96. The molecule has 0 aliphatic carbocycles. The van der Waals surface area contributed by atoms with Crippen LogP contribution in [0.15, 0.2) is 59.3 Å². The molecule has 8 nitrogen and oxygen atoms in total. The maximum atomic E-state index is 13.3. The fraction of sp³-hybridized carbons (Fsp3) is 0.320. The molecule has 1 unspecified atom stereocenters. The number of nitrogens with zero attached hydrogens (tertiary/aromatic N) is 1. The van der Waals surface area contributed by atoms with Gasteiger partial charge in [0, 0.05) is 16.3 Å². The largest absolute Gasteiger partial charge is 0.377 e. The summed E-state index contributed by atoms with van der Waals surface area (Å²) in [6.07, 6.45) is -0.964. The van der Waals surface area contributed by atoms with E-state index in [4.69, 9.17) is 19.6 Å². The maximum absolute atomic E-state index is 13.3. The molecule has 0 bridgehead atoms. The molecule has 190 valence electrons. The zero-order valence-electron chi connectivity index (χ0n) is 19.4. The first-order valence-electron chi connectivity index (χ1n) is 11.3. The third kappa shape index (κ3) is 6.42. The fourth-order valence-electron chi connectivity index (χ4n) is 3.70. The zero-order chi connectivity index (χ0) is 25.3. The lowest BCUT2D eigenvalue weighted by molar-refractivity contribution is -0.190. The van der Waals surface area contributed by atoms with Crippen LogP contribution in [0.4, 0.5) is 4.39 Å². The van der Waals surface area contributed by atoms with Gasteiger partial charge >= 0.3 is 0 Å². The van der Waals surface area contributed by atoms with E-state index in [-0.39, 0.29) is 38.8 Å². The van der Waals surface area contributed by atoms with Crippen molar-refractivity contribution in [1.29, 1.82) is 5.41 Å². The number of hydrogen-bond acceptors (Lipinski definition) is 8. The lowest BCUT2D eigenvalue weighted by Gasteiger charge is -2.32. The molecule has 1 aromatic carbocycles. The minimum absolute atomic E-state index is 0.0599. The van der Waals surface area contributed by atoms with E-state index in [1.54, 1.807) is 24.3 Å². The number of amides is 2. The van der Waals surface area contributed by atoms with Crippen molar-refractivity contribution in [3.8, 4) is 0 Å². The van der Waals surface area contributed by atoms with Crippen LogP contribution in [-0.2, 0) is 27.4 Å². The van der Waals surface area contributed by atoms with Crippen molar-refractivity contribution in [2.75, 3.05) is 26.4 Å². The highest BCUT2D eigenvalue weighted by Crippen LogP contribution is 2.28. The Bertz CT molecular complexity index is 1080. The van der Waals surface area contributed by atoms with Gasteiger partial charge in [0.2, 0.25) is 0 Å². The Kier molecular flexibility index (Phi) is 9.31. The molecule has 36 heavy (non-hydrogen) atoms. The van der Waals surface area contributed by atoms with Gasteiger partial charge in [0.1, 0.15) is 18.6 Å². The highest BCUT2D eigenvalue weighted by Gasteiger charge is 2.44. The van der Waals surface area contributed by atoms with Crippen molar-refractivity contribution in [2.45, 2.75) is 25.5 Å². The smallest absolute Gasteiger partial charge is 0.262 e. The summed E-state index contributed by atoms with van der Waals surface area (Å²) in [7, 11) is 0. The molecule has 11 heteroatoms. The Morgan fingerprint density at radius 1 is 0.944 bits per heavy atom. The Labute approximate surface area is 216 Å². The highest BCUT2D eigenvalue weighted by molar-refractivity contribution is 7.10. The van der Waals surface area contributed by atoms with E-state index in [0.29, 0.717) is 11.1 Å². The van der Waals surface area contributed by atoms with E-state index in [2.05, 4.69) is 5.32 Å². The van der Waals surface area contributed by atoms with Crippen molar-refractivity contribution in [3.05, 3.63) is 80.2 Å². The molecule has 0 saturated carbocycles. The topological polar surface area (TPSA) is 101 Å². The van der Waals surface area contributed by atoms with Crippen molar-refractivity contribution >= 4 is 40.3 Å². The molecule has 3 heterocycles. The highest BCUT2D eigenvalue weighted by atomic mass is 32.1. The van der Waals surface area contributed by atoms with Crippen LogP contribution in [0, 0.1) is 5.41 Å². The van der Waals surface area contributed by atoms with E-state index >= 15 is 0 Å². The van der Waals surface area contributed by atoms with Gasteiger partial charge < -0.3 is 19.5 Å². The second-order valence-electron chi connectivity index (χ2n) is 7.86. The molecule has 1 aliphatic rings. The fourth-order valence-corrected chi connectivity index (χ4v) is 4.95. The summed E-state index contributed by atoms with van der Waals surface area (Å²) in [6.45, 7) is -0.148. The van der Waals surface area contributed by atoms with Gasteiger partial charge in [0.15, 0.2) is 6.29 Å². The Morgan fingerprint density at radius 3 is 2.03 bits per heavy atom. The van der Waals surface area contributed by atoms with E-state index in [1.807, 2.05) is 35.0 Å². The summed E-state index contributed by atoms with van der Waals surface area (Å²) in [5.74, 6) is -1.12. The van der Waals surface area contributed by atoms with Crippen LogP contribution in [-0.4, -0.2) is 61.3 Å². The van der Waals surface area contributed by atoms with Gasteiger partial charge in [-0.15, -0.1) is 22.7 Å². The van der Waals surface area contributed by atoms with Crippen LogP contribution in [0.25, 0.3) is 0 Å². The van der Waals surface area contributed by atoms with E-state index in [9.17, 15) is 14.0 Å². The number of imide groups is 1. The van der Waals surface area contributed by atoms with Gasteiger partial charge in [-0.05, 0) is 35.0 Å². The number of thiophene rings is 2. The van der Waals surface area contributed by atoms with Gasteiger partial charge in [-0.1, -0.05) is 24.3 Å². The average molecular weight is 532 g/mol. The van der Waals surface area contributed by atoms with Crippen LogP contribution in [0.1, 0.15) is 30.5 Å². The molecular weight excluding hydrogens is 505 g/mol. The van der Waals surface area contributed by atoms with Crippen LogP contribution in [0.3, 0.4) is 0 Å². The SMILES string of the molecule is N=C(CF)NCCOCC(C(OCc1cccs1)OCc1cccs1)N1C(=O)c2ccccc2C1=O. The first kappa shape index (κ1) is 26.1. The number of fused-ring (bicyclic) bond motifs is 1. The van der Waals surface area contributed by atoms with Gasteiger partial charge in [-0.25, -0.2) is 4.39 Å². The summed E-state index contributed by atoms with van der Waals surface area (Å²) < 4.78 is 30.6. The lowest BCUT2D eigenvalue weighted by atomic mass is 10.1. The van der Waals surface area contributed by atoms with Crippen LogP contribution in [0.2, 0.25) is 0 Å². The number of alkyl halides is 1. The van der Waals surface area contributed by atoms with Gasteiger partial charge in [-0.3, -0.25) is 19.9 Å². The van der Waals surface area contributed by atoms with Crippen LogP contribution >= 0.6 is 22.7 Å². The summed E-state index contributed by atoms with van der Waals surface area (Å²) >= 11 is 3.06. The van der Waals surface area contributed by atoms with Gasteiger partial charge in [0.25, 0.3) is 11.8 Å².